The number of fused-ring (bicyclic) bond motifs is 1. The molecule has 0 bridgehead atoms. The summed E-state index contributed by atoms with van der Waals surface area (Å²) in [5.74, 6) is 0.0932. The molecule has 1 aromatic heterocycles. The number of rotatable bonds is 4. The monoisotopic (exact) mass is 282 g/mol. The summed E-state index contributed by atoms with van der Waals surface area (Å²) in [4.78, 5) is 16.2. The van der Waals surface area contributed by atoms with Crippen molar-refractivity contribution in [2.75, 3.05) is 25.0 Å². The van der Waals surface area contributed by atoms with Crippen LogP contribution in [0.5, 0.6) is 0 Å². The molecule has 3 rings (SSSR count). The number of benzene rings is 1. The van der Waals surface area contributed by atoms with E-state index in [1.165, 1.54) is 5.57 Å². The van der Waals surface area contributed by atoms with E-state index >= 15 is 0 Å². The van der Waals surface area contributed by atoms with Gasteiger partial charge in [0.1, 0.15) is 5.82 Å². The van der Waals surface area contributed by atoms with Crippen molar-refractivity contribution in [3.05, 3.63) is 47.5 Å². The molecule has 5 nitrogen and oxygen atoms in total. The minimum Gasteiger partial charge on any atom is -0.366 e. The first-order chi connectivity index (χ1) is 10.2. The Morgan fingerprint density at radius 2 is 2.24 bits per heavy atom. The fourth-order valence-corrected chi connectivity index (χ4v) is 2.47. The van der Waals surface area contributed by atoms with Crippen LogP contribution in [-0.2, 0) is 0 Å². The van der Waals surface area contributed by atoms with Gasteiger partial charge in [0.05, 0.1) is 11.1 Å². The van der Waals surface area contributed by atoms with E-state index in [4.69, 9.17) is 5.73 Å². The van der Waals surface area contributed by atoms with Crippen molar-refractivity contribution >= 4 is 22.6 Å². The van der Waals surface area contributed by atoms with Crippen LogP contribution in [0.15, 0.2) is 42.0 Å². The summed E-state index contributed by atoms with van der Waals surface area (Å²) in [6.07, 6.45) is 3.17. The number of aromatic nitrogens is 1. The van der Waals surface area contributed by atoms with Crippen molar-refractivity contribution in [3.63, 3.8) is 0 Å². The smallest absolute Gasteiger partial charge is 0.252 e. The number of pyridine rings is 1. The number of para-hydroxylation sites is 1. The standard InChI is InChI=1S/C16H18N4O/c17-15(21)13-9-12-3-1-2-4-14(12)20-16(13)19-10-11-5-7-18-8-6-11/h1-5,9,18H,6-8,10H2,(H2,17,21)(H,19,20). The Morgan fingerprint density at radius 3 is 3.00 bits per heavy atom. The van der Waals surface area contributed by atoms with Crippen LogP contribution in [0, 0.1) is 0 Å². The van der Waals surface area contributed by atoms with Crippen LogP contribution in [0.3, 0.4) is 0 Å². The lowest BCUT2D eigenvalue weighted by Crippen LogP contribution is -2.24. The number of nitrogens with zero attached hydrogens (tertiary/aromatic N) is 1. The fraction of sp³-hybridized carbons (Fsp3) is 0.250. The third-order valence-corrected chi connectivity index (χ3v) is 3.63. The Morgan fingerprint density at radius 1 is 1.38 bits per heavy atom. The van der Waals surface area contributed by atoms with Gasteiger partial charge in [-0.15, -0.1) is 0 Å². The highest BCUT2D eigenvalue weighted by Gasteiger charge is 2.12. The summed E-state index contributed by atoms with van der Waals surface area (Å²) in [7, 11) is 0. The maximum absolute atomic E-state index is 11.6. The van der Waals surface area contributed by atoms with Crippen LogP contribution in [0.4, 0.5) is 5.82 Å². The molecule has 0 saturated carbocycles. The zero-order chi connectivity index (χ0) is 14.7. The first kappa shape index (κ1) is 13.6. The van der Waals surface area contributed by atoms with Crippen LogP contribution in [0.1, 0.15) is 16.8 Å². The molecule has 0 atom stereocenters. The summed E-state index contributed by atoms with van der Waals surface area (Å²) in [5, 5.41) is 7.44. The van der Waals surface area contributed by atoms with Gasteiger partial charge in [-0.2, -0.15) is 0 Å². The zero-order valence-electron chi connectivity index (χ0n) is 11.7. The lowest BCUT2D eigenvalue weighted by Gasteiger charge is -2.16. The van der Waals surface area contributed by atoms with Crippen LogP contribution >= 0.6 is 0 Å². The van der Waals surface area contributed by atoms with Crippen LogP contribution in [-0.4, -0.2) is 30.5 Å². The topological polar surface area (TPSA) is 80.0 Å². The first-order valence-corrected chi connectivity index (χ1v) is 7.06. The molecule has 21 heavy (non-hydrogen) atoms. The number of nitrogens with one attached hydrogen (secondary N) is 2. The second kappa shape index (κ2) is 5.93. The van der Waals surface area contributed by atoms with E-state index in [1.54, 1.807) is 6.07 Å². The molecule has 0 fully saturated rings. The number of nitrogens with two attached hydrogens (primary N) is 1. The highest BCUT2D eigenvalue weighted by molar-refractivity contribution is 6.01. The summed E-state index contributed by atoms with van der Waals surface area (Å²) >= 11 is 0. The molecule has 0 radical (unpaired) electrons. The van der Waals surface area contributed by atoms with E-state index in [-0.39, 0.29) is 0 Å². The molecular weight excluding hydrogens is 264 g/mol. The van der Waals surface area contributed by atoms with Crippen LogP contribution in [0.2, 0.25) is 0 Å². The molecule has 2 heterocycles. The number of hydrogen-bond donors (Lipinski definition) is 3. The van der Waals surface area contributed by atoms with E-state index in [9.17, 15) is 4.79 Å². The number of hydrogen-bond acceptors (Lipinski definition) is 4. The first-order valence-electron chi connectivity index (χ1n) is 7.06. The molecule has 1 aliphatic heterocycles. The largest absolute Gasteiger partial charge is 0.366 e. The molecule has 4 N–H and O–H groups in total. The van der Waals surface area contributed by atoms with Crippen molar-refractivity contribution in [3.8, 4) is 0 Å². The normalized spacial score (nSPS) is 14.8. The van der Waals surface area contributed by atoms with Gasteiger partial charge >= 0.3 is 0 Å². The van der Waals surface area contributed by atoms with Crippen LogP contribution < -0.4 is 16.4 Å². The van der Waals surface area contributed by atoms with Crippen molar-refractivity contribution in [1.29, 1.82) is 0 Å². The van der Waals surface area contributed by atoms with E-state index in [2.05, 4.69) is 21.7 Å². The molecule has 0 unspecified atom stereocenters. The Kier molecular flexibility index (Phi) is 3.83. The van der Waals surface area contributed by atoms with Crippen molar-refractivity contribution in [2.24, 2.45) is 5.73 Å². The summed E-state index contributed by atoms with van der Waals surface area (Å²) in [6.45, 7) is 2.57. The summed E-state index contributed by atoms with van der Waals surface area (Å²) in [5.41, 5.74) is 8.07. The maximum atomic E-state index is 11.6. The fourth-order valence-electron chi connectivity index (χ4n) is 2.47. The minimum absolute atomic E-state index is 0.434. The molecule has 1 aliphatic rings. The molecule has 1 amide bonds. The Bertz CT molecular complexity index is 708. The average Bonchev–Trinajstić information content (AvgIpc) is 2.53. The second-order valence-electron chi connectivity index (χ2n) is 5.11. The third kappa shape index (κ3) is 3.03. The molecule has 0 aliphatic carbocycles. The quantitative estimate of drug-likeness (QED) is 0.745. The number of primary amides is 1. The van der Waals surface area contributed by atoms with Gasteiger partial charge in [0.15, 0.2) is 0 Å². The van der Waals surface area contributed by atoms with E-state index < -0.39 is 5.91 Å². The van der Waals surface area contributed by atoms with Crippen molar-refractivity contribution < 1.29 is 4.79 Å². The van der Waals surface area contributed by atoms with E-state index in [1.807, 2.05) is 24.3 Å². The third-order valence-electron chi connectivity index (χ3n) is 3.63. The van der Waals surface area contributed by atoms with Gasteiger partial charge in [0.2, 0.25) is 0 Å². The van der Waals surface area contributed by atoms with E-state index in [0.29, 0.717) is 17.9 Å². The molecule has 2 aromatic rings. The second-order valence-corrected chi connectivity index (χ2v) is 5.11. The maximum Gasteiger partial charge on any atom is 0.252 e. The molecule has 1 aromatic carbocycles. The highest BCUT2D eigenvalue weighted by Crippen LogP contribution is 2.20. The molecule has 108 valence electrons. The SMILES string of the molecule is NC(=O)c1cc2ccccc2nc1NCC1=CCNCC1. The van der Waals surface area contributed by atoms with E-state index in [0.717, 1.165) is 30.4 Å². The van der Waals surface area contributed by atoms with Gasteiger partial charge in [-0.3, -0.25) is 4.79 Å². The predicted octanol–water partition coefficient (Wildman–Crippen LogP) is 1.67. The predicted molar refractivity (Wildman–Crippen MR) is 84.3 cm³/mol. The highest BCUT2D eigenvalue weighted by atomic mass is 16.1. The van der Waals surface area contributed by atoms with Gasteiger partial charge in [-0.1, -0.05) is 29.8 Å². The number of anilines is 1. The van der Waals surface area contributed by atoms with Crippen LogP contribution in [0.25, 0.3) is 10.9 Å². The van der Waals surface area contributed by atoms with Gasteiger partial charge in [0.25, 0.3) is 5.91 Å². The van der Waals surface area contributed by atoms with Gasteiger partial charge < -0.3 is 16.4 Å². The number of carbonyl (C=O) groups is 1. The number of amides is 1. The summed E-state index contributed by atoms with van der Waals surface area (Å²) in [6, 6.07) is 9.49. The minimum atomic E-state index is -0.463. The van der Waals surface area contributed by atoms with Gasteiger partial charge in [-0.25, -0.2) is 4.98 Å². The Labute approximate surface area is 123 Å². The lowest BCUT2D eigenvalue weighted by atomic mass is 10.1. The van der Waals surface area contributed by atoms with Crippen molar-refractivity contribution in [1.82, 2.24) is 10.3 Å². The Hall–Kier alpha value is -2.40. The zero-order valence-corrected chi connectivity index (χ0v) is 11.7. The van der Waals surface area contributed by atoms with Gasteiger partial charge in [0, 0.05) is 18.5 Å². The molecule has 0 spiro atoms. The Balaban J connectivity index is 1.90. The van der Waals surface area contributed by atoms with Gasteiger partial charge in [-0.05, 0) is 25.1 Å². The molecule has 5 heteroatoms. The molecular formula is C16H18N4O. The average molecular weight is 282 g/mol. The molecule has 0 saturated heterocycles. The summed E-state index contributed by atoms with van der Waals surface area (Å²) < 4.78 is 0. The van der Waals surface area contributed by atoms with Crippen molar-refractivity contribution in [2.45, 2.75) is 6.42 Å². The lowest BCUT2D eigenvalue weighted by molar-refractivity contribution is 0.100. The number of carbonyl (C=O) groups excluding carboxylic acids is 1.